The average molecular weight is 364 g/mol. The molecule has 27 heavy (non-hydrogen) atoms. The van der Waals surface area contributed by atoms with E-state index in [-0.39, 0.29) is 17.7 Å². The molecule has 2 amide bonds. The van der Waals surface area contributed by atoms with Gasteiger partial charge in [0.2, 0.25) is 5.91 Å². The number of nitrogens with zero attached hydrogens (tertiary/aromatic N) is 1. The van der Waals surface area contributed by atoms with Crippen LogP contribution in [-0.4, -0.2) is 25.5 Å². The van der Waals surface area contributed by atoms with Crippen LogP contribution in [-0.2, 0) is 16.0 Å². The molecule has 2 aromatic carbocycles. The molecule has 1 unspecified atom stereocenters. The Kier molecular flexibility index (Phi) is 5.69. The van der Waals surface area contributed by atoms with Crippen LogP contribution < -0.4 is 20.6 Å². The van der Waals surface area contributed by atoms with Crippen molar-refractivity contribution in [3.8, 4) is 5.75 Å². The van der Waals surface area contributed by atoms with Gasteiger partial charge in [0.15, 0.2) is 0 Å². The second kappa shape index (κ2) is 8.16. The third kappa shape index (κ3) is 4.61. The van der Waals surface area contributed by atoms with Crippen molar-refractivity contribution < 1.29 is 14.3 Å². The van der Waals surface area contributed by atoms with E-state index in [4.69, 9.17) is 4.74 Å². The molecular formula is C22H24N2O3. The number of carbonyl (C=O) groups is 2. The van der Waals surface area contributed by atoms with Crippen LogP contribution in [0.3, 0.4) is 0 Å². The number of amides is 2. The Morgan fingerprint density at radius 2 is 1.85 bits per heavy atom. The molecule has 1 atom stereocenters. The van der Waals surface area contributed by atoms with E-state index in [9.17, 15) is 9.59 Å². The number of carbonyl (C=O) groups excluding carboxylic acids is 2. The third-order valence-corrected chi connectivity index (χ3v) is 4.87. The Morgan fingerprint density at radius 1 is 1.15 bits per heavy atom. The lowest BCUT2D eigenvalue weighted by Crippen LogP contribution is -2.36. The van der Waals surface area contributed by atoms with E-state index < -0.39 is 0 Å². The summed E-state index contributed by atoms with van der Waals surface area (Å²) in [6, 6.07) is 11.4. The van der Waals surface area contributed by atoms with Gasteiger partial charge in [0.25, 0.3) is 5.91 Å². The predicted molar refractivity (Wildman–Crippen MR) is 104 cm³/mol. The van der Waals surface area contributed by atoms with Crippen molar-refractivity contribution >= 4 is 17.9 Å². The lowest BCUT2D eigenvalue weighted by Gasteiger charge is -2.13. The van der Waals surface area contributed by atoms with Crippen molar-refractivity contribution in [2.45, 2.75) is 26.7 Å². The Morgan fingerprint density at radius 3 is 2.56 bits per heavy atom. The van der Waals surface area contributed by atoms with Crippen molar-refractivity contribution in [2.75, 3.05) is 13.7 Å². The highest BCUT2D eigenvalue weighted by molar-refractivity contribution is 5.86. The van der Waals surface area contributed by atoms with Crippen molar-refractivity contribution in [3.63, 3.8) is 0 Å². The minimum atomic E-state index is -0.291. The van der Waals surface area contributed by atoms with Crippen molar-refractivity contribution in [2.24, 2.45) is 10.9 Å². The average Bonchev–Trinajstić information content (AvgIpc) is 2.64. The summed E-state index contributed by atoms with van der Waals surface area (Å²) in [5.74, 6) is 0.267. The zero-order valence-corrected chi connectivity index (χ0v) is 15.9. The summed E-state index contributed by atoms with van der Waals surface area (Å²) in [5.41, 5.74) is 3.23. The van der Waals surface area contributed by atoms with Crippen molar-refractivity contribution in [3.05, 3.63) is 63.7 Å². The monoisotopic (exact) mass is 364 g/mol. The fourth-order valence-corrected chi connectivity index (χ4v) is 3.11. The molecule has 0 bridgehead atoms. The van der Waals surface area contributed by atoms with Gasteiger partial charge in [-0.05, 0) is 66.4 Å². The molecule has 0 aromatic heterocycles. The standard InChI is InChI=1S/C22H24N2O3/c1-14-10-18-13-17(22(26)24-20(18)11-15(14)2)8-9-23-21(25)12-16-4-6-19(27-3)7-5-16/h4-7,10-11,13,17H,8-9,12H2,1-3H3,(H,23,25). The van der Waals surface area contributed by atoms with E-state index in [2.05, 4.69) is 16.4 Å². The van der Waals surface area contributed by atoms with Crippen LogP contribution in [0.4, 0.5) is 0 Å². The van der Waals surface area contributed by atoms with E-state index in [0.717, 1.165) is 27.5 Å². The van der Waals surface area contributed by atoms with Gasteiger partial charge >= 0.3 is 0 Å². The third-order valence-electron chi connectivity index (χ3n) is 4.87. The van der Waals surface area contributed by atoms with Gasteiger partial charge in [0, 0.05) is 6.54 Å². The second-order valence-corrected chi connectivity index (χ2v) is 6.88. The summed E-state index contributed by atoms with van der Waals surface area (Å²) < 4.78 is 5.11. The molecule has 0 radical (unpaired) electrons. The first kappa shape index (κ1) is 18.8. The fraction of sp³-hybridized carbons (Fsp3) is 0.318. The van der Waals surface area contributed by atoms with E-state index in [0.29, 0.717) is 19.4 Å². The number of hydrogen-bond acceptors (Lipinski definition) is 3. The quantitative estimate of drug-likeness (QED) is 0.847. The van der Waals surface area contributed by atoms with Crippen LogP contribution in [0.1, 0.15) is 23.1 Å². The maximum absolute atomic E-state index is 12.3. The molecule has 1 aliphatic rings. The van der Waals surface area contributed by atoms with E-state index >= 15 is 0 Å². The first-order valence-electron chi connectivity index (χ1n) is 9.07. The van der Waals surface area contributed by atoms with Gasteiger partial charge in [0.1, 0.15) is 5.75 Å². The normalized spacial score (nSPS) is 15.4. The van der Waals surface area contributed by atoms with Gasteiger partial charge < -0.3 is 10.1 Å². The number of aryl methyl sites for hydroxylation is 2. The SMILES string of the molecule is COc1ccc(CC(=O)NCCC2C=c3cc(C)c(C)cc3=NC2=O)cc1. The Bertz CT molecular complexity index is 978. The van der Waals surface area contributed by atoms with E-state index in [1.54, 1.807) is 7.11 Å². The molecule has 0 saturated carbocycles. The van der Waals surface area contributed by atoms with Gasteiger partial charge in [0.05, 0.1) is 24.8 Å². The van der Waals surface area contributed by atoms with E-state index in [1.807, 2.05) is 50.3 Å². The molecule has 140 valence electrons. The maximum Gasteiger partial charge on any atom is 0.253 e. The van der Waals surface area contributed by atoms with Crippen LogP contribution >= 0.6 is 0 Å². The summed E-state index contributed by atoms with van der Waals surface area (Å²) in [6.45, 7) is 4.51. The molecular weight excluding hydrogens is 340 g/mol. The number of benzene rings is 2. The van der Waals surface area contributed by atoms with Crippen molar-refractivity contribution in [1.29, 1.82) is 0 Å². The molecule has 5 nitrogen and oxygen atoms in total. The molecule has 0 fully saturated rings. The summed E-state index contributed by atoms with van der Waals surface area (Å²) in [7, 11) is 1.61. The van der Waals surface area contributed by atoms with Crippen LogP contribution in [0.25, 0.3) is 6.08 Å². The fourth-order valence-electron chi connectivity index (χ4n) is 3.11. The number of rotatable bonds is 6. The highest BCUT2D eigenvalue weighted by atomic mass is 16.5. The minimum Gasteiger partial charge on any atom is -0.497 e. The molecule has 1 N–H and O–H groups in total. The number of ether oxygens (including phenoxy) is 1. The van der Waals surface area contributed by atoms with E-state index in [1.165, 1.54) is 5.56 Å². The minimum absolute atomic E-state index is 0.0627. The predicted octanol–water partition coefficient (Wildman–Crippen LogP) is 1.62. The molecule has 1 heterocycles. The van der Waals surface area contributed by atoms with Gasteiger partial charge in [-0.2, -0.15) is 0 Å². The number of fused-ring (bicyclic) bond motifs is 1. The van der Waals surface area contributed by atoms with Crippen LogP contribution in [0, 0.1) is 19.8 Å². The van der Waals surface area contributed by atoms with Gasteiger partial charge in [-0.15, -0.1) is 0 Å². The Labute approximate surface area is 158 Å². The van der Waals surface area contributed by atoms with Gasteiger partial charge in [-0.3, -0.25) is 9.59 Å². The second-order valence-electron chi connectivity index (χ2n) is 6.88. The highest BCUT2D eigenvalue weighted by Gasteiger charge is 2.18. The zero-order chi connectivity index (χ0) is 19.4. The van der Waals surface area contributed by atoms with Gasteiger partial charge in [-0.1, -0.05) is 18.2 Å². The number of methoxy groups -OCH3 is 1. The van der Waals surface area contributed by atoms with Crippen LogP contribution in [0.2, 0.25) is 0 Å². The molecule has 0 aliphatic carbocycles. The Hall–Kier alpha value is -2.95. The van der Waals surface area contributed by atoms with Crippen LogP contribution in [0.5, 0.6) is 5.75 Å². The topological polar surface area (TPSA) is 67.8 Å². The largest absolute Gasteiger partial charge is 0.497 e. The summed E-state index contributed by atoms with van der Waals surface area (Å²) in [6.07, 6.45) is 2.81. The van der Waals surface area contributed by atoms with Crippen LogP contribution in [0.15, 0.2) is 41.4 Å². The smallest absolute Gasteiger partial charge is 0.253 e. The molecule has 2 aromatic rings. The molecule has 1 aliphatic heterocycles. The highest BCUT2D eigenvalue weighted by Crippen LogP contribution is 2.12. The lowest BCUT2D eigenvalue weighted by molar-refractivity contribution is -0.122. The molecule has 3 rings (SSSR count). The molecule has 5 heteroatoms. The van der Waals surface area contributed by atoms with Crippen molar-refractivity contribution in [1.82, 2.24) is 5.32 Å². The first-order valence-corrected chi connectivity index (χ1v) is 9.07. The Balaban J connectivity index is 1.56. The number of hydrogen-bond donors (Lipinski definition) is 1. The summed E-state index contributed by atoms with van der Waals surface area (Å²) in [4.78, 5) is 28.6. The summed E-state index contributed by atoms with van der Waals surface area (Å²) in [5, 5.41) is 4.62. The lowest BCUT2D eigenvalue weighted by atomic mass is 9.98. The maximum atomic E-state index is 12.3. The van der Waals surface area contributed by atoms with Gasteiger partial charge in [-0.25, -0.2) is 4.99 Å². The first-order chi connectivity index (χ1) is 13.0. The summed E-state index contributed by atoms with van der Waals surface area (Å²) >= 11 is 0. The molecule has 0 spiro atoms. The zero-order valence-electron chi connectivity index (χ0n) is 15.9. The molecule has 0 saturated heterocycles. The number of nitrogens with one attached hydrogen (secondary N) is 1.